The van der Waals surface area contributed by atoms with Gasteiger partial charge in [-0.3, -0.25) is 9.52 Å². The molecule has 8 heteroatoms. The van der Waals surface area contributed by atoms with Gasteiger partial charge in [-0.2, -0.15) is 0 Å². The Balaban J connectivity index is 2.43. The Kier molecular flexibility index (Phi) is 3.74. The molecule has 2 rings (SSSR count). The molecule has 0 aliphatic heterocycles. The average Bonchev–Trinajstić information content (AvgIpc) is 2.36. The van der Waals surface area contributed by atoms with Gasteiger partial charge in [0.1, 0.15) is 4.90 Å². The van der Waals surface area contributed by atoms with Gasteiger partial charge in [0, 0.05) is 24.3 Å². The molecule has 0 amide bonds. The predicted molar refractivity (Wildman–Crippen MR) is 78.4 cm³/mol. The molecule has 0 radical (unpaired) electrons. The van der Waals surface area contributed by atoms with Gasteiger partial charge in [-0.05, 0) is 24.3 Å². The molecule has 0 aliphatic carbocycles. The van der Waals surface area contributed by atoms with Crippen LogP contribution in [0.4, 0.5) is 11.4 Å². The van der Waals surface area contributed by atoms with E-state index in [1.807, 2.05) is 0 Å². The van der Waals surface area contributed by atoms with Crippen LogP contribution in [0.15, 0.2) is 46.2 Å². The number of sulfonamides is 1. The number of aromatic nitrogens is 1. The van der Waals surface area contributed by atoms with Crippen LogP contribution < -0.4 is 16.0 Å². The van der Waals surface area contributed by atoms with Gasteiger partial charge < -0.3 is 10.3 Å². The molecule has 0 saturated carbocycles. The first-order valence-electron chi connectivity index (χ1n) is 5.54. The van der Waals surface area contributed by atoms with E-state index in [9.17, 15) is 13.2 Å². The summed E-state index contributed by atoms with van der Waals surface area (Å²) in [7, 11) is -2.35. The van der Waals surface area contributed by atoms with E-state index in [-0.39, 0.29) is 26.9 Å². The molecular formula is C12H12ClN3O3S. The molecule has 1 heterocycles. The highest BCUT2D eigenvalue weighted by Gasteiger charge is 2.18. The molecule has 20 heavy (non-hydrogen) atoms. The molecule has 1 aromatic carbocycles. The number of pyridine rings is 1. The van der Waals surface area contributed by atoms with Crippen LogP contribution in [-0.2, 0) is 17.1 Å². The Morgan fingerprint density at radius 3 is 2.60 bits per heavy atom. The van der Waals surface area contributed by atoms with Gasteiger partial charge in [-0.1, -0.05) is 11.6 Å². The smallest absolute Gasteiger partial charge is 0.264 e. The van der Waals surface area contributed by atoms with Crippen molar-refractivity contribution >= 4 is 33.0 Å². The Labute approximate surface area is 120 Å². The molecule has 0 atom stereocenters. The maximum Gasteiger partial charge on any atom is 0.264 e. The summed E-state index contributed by atoms with van der Waals surface area (Å²) in [5.74, 6) is 0. The summed E-state index contributed by atoms with van der Waals surface area (Å²) in [6.45, 7) is 0. The zero-order chi connectivity index (χ0) is 14.9. The predicted octanol–water partition coefficient (Wildman–Crippen LogP) is 1.42. The van der Waals surface area contributed by atoms with E-state index in [4.69, 9.17) is 17.3 Å². The maximum absolute atomic E-state index is 12.2. The van der Waals surface area contributed by atoms with E-state index in [1.165, 1.54) is 48.1 Å². The number of hydrogen-bond acceptors (Lipinski definition) is 4. The molecule has 2 aromatic rings. The monoisotopic (exact) mass is 313 g/mol. The van der Waals surface area contributed by atoms with Crippen molar-refractivity contribution in [3.63, 3.8) is 0 Å². The number of anilines is 2. The molecule has 0 bridgehead atoms. The van der Waals surface area contributed by atoms with Crippen LogP contribution in [-0.4, -0.2) is 13.0 Å². The number of aryl methyl sites for hydroxylation is 1. The van der Waals surface area contributed by atoms with Gasteiger partial charge >= 0.3 is 0 Å². The van der Waals surface area contributed by atoms with Crippen molar-refractivity contribution in [2.45, 2.75) is 4.90 Å². The first-order valence-corrected chi connectivity index (χ1v) is 7.40. The summed E-state index contributed by atoms with van der Waals surface area (Å²) >= 11 is 5.78. The van der Waals surface area contributed by atoms with Crippen LogP contribution in [0.5, 0.6) is 0 Å². The van der Waals surface area contributed by atoms with Crippen molar-refractivity contribution in [3.05, 3.63) is 51.9 Å². The van der Waals surface area contributed by atoms with Crippen molar-refractivity contribution in [2.75, 3.05) is 10.5 Å². The van der Waals surface area contributed by atoms with Gasteiger partial charge in [0.15, 0.2) is 0 Å². The number of nitrogen functional groups attached to an aromatic ring is 1. The first-order chi connectivity index (χ1) is 9.29. The fourth-order valence-electron chi connectivity index (χ4n) is 1.61. The second kappa shape index (κ2) is 5.18. The third-order valence-electron chi connectivity index (χ3n) is 2.60. The number of halogens is 1. The van der Waals surface area contributed by atoms with Gasteiger partial charge in [0.05, 0.1) is 11.4 Å². The summed E-state index contributed by atoms with van der Waals surface area (Å²) in [6, 6.07) is 6.82. The molecule has 0 saturated heterocycles. The fraction of sp³-hybridized carbons (Fsp3) is 0.0833. The molecule has 106 valence electrons. The minimum Gasteiger partial charge on any atom is -0.398 e. The normalized spacial score (nSPS) is 11.3. The fourth-order valence-corrected chi connectivity index (χ4v) is 3.04. The third kappa shape index (κ3) is 2.94. The highest BCUT2D eigenvalue weighted by Crippen LogP contribution is 2.24. The van der Waals surface area contributed by atoms with Crippen LogP contribution in [0.1, 0.15) is 0 Å². The Hall–Kier alpha value is -1.99. The lowest BCUT2D eigenvalue weighted by Crippen LogP contribution is -2.19. The van der Waals surface area contributed by atoms with Gasteiger partial charge in [0.25, 0.3) is 10.0 Å². The van der Waals surface area contributed by atoms with Gasteiger partial charge in [0.2, 0.25) is 5.56 Å². The largest absolute Gasteiger partial charge is 0.398 e. The number of hydrogen-bond donors (Lipinski definition) is 2. The summed E-state index contributed by atoms with van der Waals surface area (Å²) in [5.41, 5.74) is 5.76. The lowest BCUT2D eigenvalue weighted by atomic mass is 10.3. The van der Waals surface area contributed by atoms with Crippen LogP contribution >= 0.6 is 11.6 Å². The standard InChI is InChI=1S/C12H12ClN3O3S/c1-16-7-9(3-5-12(16)17)15-20(18,19)11-6-8(13)2-4-10(11)14/h2-7,15H,14H2,1H3. The lowest BCUT2D eigenvalue weighted by Gasteiger charge is -2.11. The third-order valence-corrected chi connectivity index (χ3v) is 4.28. The van der Waals surface area contributed by atoms with E-state index in [0.29, 0.717) is 0 Å². The zero-order valence-electron chi connectivity index (χ0n) is 10.5. The Morgan fingerprint density at radius 1 is 1.25 bits per heavy atom. The van der Waals surface area contributed by atoms with E-state index in [2.05, 4.69) is 4.72 Å². The zero-order valence-corrected chi connectivity index (χ0v) is 12.1. The van der Waals surface area contributed by atoms with E-state index in [0.717, 1.165) is 0 Å². The van der Waals surface area contributed by atoms with Crippen LogP contribution in [0.3, 0.4) is 0 Å². The van der Waals surface area contributed by atoms with Crippen molar-refractivity contribution in [1.82, 2.24) is 4.57 Å². The minimum atomic E-state index is -3.87. The van der Waals surface area contributed by atoms with Crippen molar-refractivity contribution in [3.8, 4) is 0 Å². The number of nitrogens with zero attached hydrogens (tertiary/aromatic N) is 1. The molecular weight excluding hydrogens is 302 g/mol. The maximum atomic E-state index is 12.2. The number of rotatable bonds is 3. The van der Waals surface area contributed by atoms with Gasteiger partial charge in [-0.25, -0.2) is 8.42 Å². The Bertz CT molecular complexity index is 815. The van der Waals surface area contributed by atoms with Crippen LogP contribution in [0.25, 0.3) is 0 Å². The second-order valence-corrected chi connectivity index (χ2v) is 6.24. The summed E-state index contributed by atoms with van der Waals surface area (Å²) in [4.78, 5) is 11.1. The summed E-state index contributed by atoms with van der Waals surface area (Å²) in [5, 5.41) is 0.264. The summed E-state index contributed by atoms with van der Waals surface area (Å²) < 4.78 is 28.1. The summed E-state index contributed by atoms with van der Waals surface area (Å²) in [6.07, 6.45) is 1.38. The average molecular weight is 314 g/mol. The molecule has 0 fully saturated rings. The van der Waals surface area contributed by atoms with Crippen molar-refractivity contribution < 1.29 is 8.42 Å². The van der Waals surface area contributed by atoms with Crippen molar-refractivity contribution in [1.29, 1.82) is 0 Å². The van der Waals surface area contributed by atoms with E-state index >= 15 is 0 Å². The number of nitrogens with two attached hydrogens (primary N) is 1. The van der Waals surface area contributed by atoms with E-state index in [1.54, 1.807) is 0 Å². The quantitative estimate of drug-likeness (QED) is 0.838. The molecule has 0 spiro atoms. The van der Waals surface area contributed by atoms with Gasteiger partial charge in [-0.15, -0.1) is 0 Å². The van der Waals surface area contributed by atoms with Crippen molar-refractivity contribution in [2.24, 2.45) is 7.05 Å². The molecule has 0 unspecified atom stereocenters. The molecule has 1 aromatic heterocycles. The van der Waals surface area contributed by atoms with Crippen LogP contribution in [0, 0.1) is 0 Å². The lowest BCUT2D eigenvalue weighted by molar-refractivity contribution is 0.601. The molecule has 0 aliphatic rings. The highest BCUT2D eigenvalue weighted by atomic mass is 35.5. The topological polar surface area (TPSA) is 94.2 Å². The second-order valence-electron chi connectivity index (χ2n) is 4.15. The highest BCUT2D eigenvalue weighted by molar-refractivity contribution is 7.92. The first kappa shape index (κ1) is 14.4. The minimum absolute atomic E-state index is 0.0896. The number of benzene rings is 1. The van der Waals surface area contributed by atoms with E-state index < -0.39 is 10.0 Å². The Morgan fingerprint density at radius 2 is 1.95 bits per heavy atom. The molecule has 6 nitrogen and oxygen atoms in total. The molecule has 3 N–H and O–H groups in total. The van der Waals surface area contributed by atoms with Crippen LogP contribution in [0.2, 0.25) is 5.02 Å². The number of nitrogens with one attached hydrogen (secondary N) is 1. The SMILES string of the molecule is Cn1cc(NS(=O)(=O)c2cc(Cl)ccc2N)ccc1=O.